The van der Waals surface area contributed by atoms with Gasteiger partial charge < -0.3 is 15.0 Å². The lowest BCUT2D eigenvalue weighted by atomic mass is 10.0. The Kier molecular flexibility index (Phi) is 4.69. The van der Waals surface area contributed by atoms with Gasteiger partial charge >= 0.3 is 6.03 Å². The van der Waals surface area contributed by atoms with E-state index in [9.17, 15) is 13.2 Å². The molecule has 2 heterocycles. The molecule has 2 aliphatic heterocycles. The van der Waals surface area contributed by atoms with Crippen molar-refractivity contribution in [3.05, 3.63) is 29.8 Å². The smallest absolute Gasteiger partial charge is 0.318 e. The van der Waals surface area contributed by atoms with Gasteiger partial charge in [-0.25, -0.2) is 17.9 Å². The number of amides is 2. The van der Waals surface area contributed by atoms with E-state index in [0.717, 1.165) is 11.3 Å². The molecule has 0 aromatic heterocycles. The minimum Gasteiger partial charge on any atom is -0.488 e. The number of hydrogen-bond acceptors (Lipinski definition) is 4. The van der Waals surface area contributed by atoms with Crippen LogP contribution in [0.4, 0.5) is 4.79 Å². The average Bonchev–Trinajstić information content (AvgIpc) is 2.90. The van der Waals surface area contributed by atoms with Gasteiger partial charge in [0, 0.05) is 18.7 Å². The van der Waals surface area contributed by atoms with E-state index in [0.29, 0.717) is 25.9 Å². The molecule has 1 fully saturated rings. The number of likely N-dealkylation sites (tertiary alicyclic amines) is 1. The Bertz CT molecular complexity index is 714. The monoisotopic (exact) mass is 353 g/mol. The molecule has 2 N–H and O–H groups in total. The van der Waals surface area contributed by atoms with Crippen molar-refractivity contribution < 1.29 is 17.9 Å². The topological polar surface area (TPSA) is 87.7 Å². The maximum atomic E-state index is 12.5. The van der Waals surface area contributed by atoms with E-state index in [4.69, 9.17) is 4.74 Å². The molecule has 0 spiro atoms. The molecule has 3 rings (SSSR count). The average molecular weight is 353 g/mol. The predicted molar refractivity (Wildman–Crippen MR) is 90.4 cm³/mol. The van der Waals surface area contributed by atoms with Crippen molar-refractivity contribution in [1.29, 1.82) is 0 Å². The van der Waals surface area contributed by atoms with Crippen LogP contribution in [-0.4, -0.2) is 50.8 Å². The summed E-state index contributed by atoms with van der Waals surface area (Å²) in [7, 11) is -1.85. The van der Waals surface area contributed by atoms with Crippen molar-refractivity contribution in [1.82, 2.24) is 14.9 Å². The Morgan fingerprint density at radius 2 is 1.92 bits per heavy atom. The van der Waals surface area contributed by atoms with Crippen LogP contribution in [-0.2, 0) is 10.0 Å². The van der Waals surface area contributed by atoms with Gasteiger partial charge in [0.05, 0.1) is 11.3 Å². The first kappa shape index (κ1) is 17.0. The molecular formula is C16H23N3O4S. The first-order valence-electron chi connectivity index (χ1n) is 8.16. The predicted octanol–water partition coefficient (Wildman–Crippen LogP) is 1.23. The number of carbonyl (C=O) groups excluding carboxylic acids is 1. The standard InChI is InChI=1S/C16H23N3O4S/c1-11-15(13-5-3-4-6-14(13)23-11)18-16(20)19-9-7-12(8-10-19)24(21,22)17-2/h3-6,11-12,15,17H,7-10H2,1-2H3,(H,18,20). The van der Waals surface area contributed by atoms with Gasteiger partial charge in [0.2, 0.25) is 10.0 Å². The number of ether oxygens (including phenoxy) is 1. The Morgan fingerprint density at radius 3 is 2.58 bits per heavy atom. The molecule has 1 aromatic rings. The maximum Gasteiger partial charge on any atom is 0.318 e. The van der Waals surface area contributed by atoms with E-state index in [1.165, 1.54) is 7.05 Å². The van der Waals surface area contributed by atoms with Crippen LogP contribution >= 0.6 is 0 Å². The number of fused-ring (bicyclic) bond motifs is 1. The van der Waals surface area contributed by atoms with Crippen LogP contribution in [0, 0.1) is 0 Å². The number of nitrogens with one attached hydrogen (secondary N) is 2. The summed E-state index contributed by atoms with van der Waals surface area (Å²) in [6, 6.07) is 7.32. The molecule has 1 aromatic carbocycles. The second-order valence-corrected chi connectivity index (χ2v) is 8.39. The molecule has 7 nitrogen and oxygen atoms in total. The number of rotatable bonds is 3. The fourth-order valence-corrected chi connectivity index (χ4v) is 4.49. The van der Waals surface area contributed by atoms with Crippen LogP contribution in [0.1, 0.15) is 31.4 Å². The summed E-state index contributed by atoms with van der Waals surface area (Å²) < 4.78 is 31.8. The normalized spacial score (nSPS) is 24.3. The number of para-hydroxylation sites is 1. The molecule has 2 aliphatic rings. The highest BCUT2D eigenvalue weighted by Gasteiger charge is 2.35. The molecule has 1 saturated heterocycles. The van der Waals surface area contributed by atoms with E-state index in [2.05, 4.69) is 10.0 Å². The Labute approximate surface area is 142 Å². The van der Waals surface area contributed by atoms with Crippen LogP contribution < -0.4 is 14.8 Å². The van der Waals surface area contributed by atoms with Crippen molar-refractivity contribution >= 4 is 16.1 Å². The summed E-state index contributed by atoms with van der Waals surface area (Å²) in [6.07, 6.45) is 0.766. The SMILES string of the molecule is CNS(=O)(=O)C1CCN(C(=O)NC2c3ccccc3OC2C)CC1. The quantitative estimate of drug-likeness (QED) is 0.856. The molecule has 2 amide bonds. The first-order valence-corrected chi connectivity index (χ1v) is 9.70. The minimum atomic E-state index is -3.27. The van der Waals surface area contributed by atoms with E-state index >= 15 is 0 Å². The van der Waals surface area contributed by atoms with Gasteiger partial charge in [-0.2, -0.15) is 0 Å². The largest absolute Gasteiger partial charge is 0.488 e. The van der Waals surface area contributed by atoms with Gasteiger partial charge in [0.1, 0.15) is 11.9 Å². The number of carbonyl (C=O) groups is 1. The molecule has 2 unspecified atom stereocenters. The zero-order valence-electron chi connectivity index (χ0n) is 13.9. The van der Waals surface area contributed by atoms with Gasteiger partial charge in [-0.1, -0.05) is 18.2 Å². The lowest BCUT2D eigenvalue weighted by Gasteiger charge is -2.32. The van der Waals surface area contributed by atoms with E-state index in [1.807, 2.05) is 31.2 Å². The molecule has 132 valence electrons. The number of hydrogen-bond donors (Lipinski definition) is 2. The fourth-order valence-electron chi connectivity index (χ4n) is 3.32. The van der Waals surface area contributed by atoms with Crippen molar-refractivity contribution in [2.24, 2.45) is 0 Å². The van der Waals surface area contributed by atoms with E-state index in [-0.39, 0.29) is 18.2 Å². The second-order valence-electron chi connectivity index (χ2n) is 6.22. The molecule has 0 radical (unpaired) electrons. The van der Waals surface area contributed by atoms with Gasteiger partial charge in [-0.15, -0.1) is 0 Å². The van der Waals surface area contributed by atoms with Crippen molar-refractivity contribution in [2.45, 2.75) is 37.2 Å². The van der Waals surface area contributed by atoms with Gasteiger partial charge in [-0.3, -0.25) is 0 Å². The molecule has 24 heavy (non-hydrogen) atoms. The van der Waals surface area contributed by atoms with Gasteiger partial charge in [0.25, 0.3) is 0 Å². The van der Waals surface area contributed by atoms with E-state index < -0.39 is 15.3 Å². The third-order valence-electron chi connectivity index (χ3n) is 4.77. The molecule has 0 saturated carbocycles. The van der Waals surface area contributed by atoms with Crippen molar-refractivity contribution in [3.63, 3.8) is 0 Å². The number of benzene rings is 1. The number of piperidine rings is 1. The lowest BCUT2D eigenvalue weighted by Crippen LogP contribution is -2.49. The fraction of sp³-hybridized carbons (Fsp3) is 0.562. The zero-order chi connectivity index (χ0) is 17.3. The number of urea groups is 1. The van der Waals surface area contributed by atoms with Gasteiger partial charge in [0.15, 0.2) is 0 Å². The summed E-state index contributed by atoms with van der Waals surface area (Å²) in [5.74, 6) is 0.800. The summed E-state index contributed by atoms with van der Waals surface area (Å²) >= 11 is 0. The summed E-state index contributed by atoms with van der Waals surface area (Å²) in [5.41, 5.74) is 0.978. The van der Waals surface area contributed by atoms with Crippen LogP contribution in [0.3, 0.4) is 0 Å². The van der Waals surface area contributed by atoms with Gasteiger partial charge in [-0.05, 0) is 32.9 Å². The molecule has 2 atom stereocenters. The highest BCUT2D eigenvalue weighted by molar-refractivity contribution is 7.90. The zero-order valence-corrected chi connectivity index (χ0v) is 14.7. The van der Waals surface area contributed by atoms with Crippen molar-refractivity contribution in [3.8, 4) is 5.75 Å². The Morgan fingerprint density at radius 1 is 1.25 bits per heavy atom. The summed E-state index contributed by atoms with van der Waals surface area (Å²) in [5, 5.41) is 2.59. The molecule has 8 heteroatoms. The number of sulfonamides is 1. The van der Waals surface area contributed by atoms with Crippen LogP contribution in [0.5, 0.6) is 5.75 Å². The van der Waals surface area contributed by atoms with Crippen molar-refractivity contribution in [2.75, 3.05) is 20.1 Å². The Hall–Kier alpha value is -1.80. The second kappa shape index (κ2) is 6.60. The van der Waals surface area contributed by atoms with E-state index in [1.54, 1.807) is 4.90 Å². The van der Waals surface area contributed by atoms with Crippen LogP contribution in [0.25, 0.3) is 0 Å². The third-order valence-corrected chi connectivity index (χ3v) is 6.69. The summed E-state index contributed by atoms with van der Waals surface area (Å²) in [6.45, 7) is 2.79. The van der Waals surface area contributed by atoms with Crippen LogP contribution in [0.15, 0.2) is 24.3 Å². The lowest BCUT2D eigenvalue weighted by molar-refractivity contribution is 0.167. The number of nitrogens with zero attached hydrogens (tertiary/aromatic N) is 1. The first-order chi connectivity index (χ1) is 11.4. The summed E-state index contributed by atoms with van der Waals surface area (Å²) in [4.78, 5) is 14.2. The maximum absolute atomic E-state index is 12.5. The minimum absolute atomic E-state index is 0.131. The highest BCUT2D eigenvalue weighted by atomic mass is 32.2. The highest BCUT2D eigenvalue weighted by Crippen LogP contribution is 2.36. The molecular weight excluding hydrogens is 330 g/mol. The molecule has 0 bridgehead atoms. The van der Waals surface area contributed by atoms with Crippen LogP contribution in [0.2, 0.25) is 0 Å². The Balaban J connectivity index is 1.61. The third kappa shape index (κ3) is 3.21. The molecule has 0 aliphatic carbocycles.